The van der Waals surface area contributed by atoms with Gasteiger partial charge in [0.25, 0.3) is 5.91 Å². The number of fused-ring (bicyclic) bond motifs is 1. The zero-order chi connectivity index (χ0) is 22.9. The predicted molar refractivity (Wildman–Crippen MR) is 126 cm³/mol. The quantitative estimate of drug-likeness (QED) is 0.546. The summed E-state index contributed by atoms with van der Waals surface area (Å²) in [6, 6.07) is 5.73. The highest BCUT2D eigenvalue weighted by molar-refractivity contribution is 6.31. The Balaban J connectivity index is 1.68. The average Bonchev–Trinajstić information content (AvgIpc) is 3.49. The molecule has 0 unspecified atom stereocenters. The molecule has 0 N–H and O–H groups in total. The lowest BCUT2D eigenvalue weighted by Crippen LogP contribution is -2.19. The Bertz CT molecular complexity index is 1100. The van der Waals surface area contributed by atoms with Crippen LogP contribution in [-0.4, -0.2) is 40.0 Å². The number of aliphatic imine (C=N–C) groups is 1. The van der Waals surface area contributed by atoms with Gasteiger partial charge in [0.2, 0.25) is 0 Å². The van der Waals surface area contributed by atoms with Crippen molar-refractivity contribution in [1.82, 2.24) is 14.7 Å². The van der Waals surface area contributed by atoms with Gasteiger partial charge in [-0.05, 0) is 36.8 Å². The minimum absolute atomic E-state index is 0.0128. The van der Waals surface area contributed by atoms with E-state index in [9.17, 15) is 9.18 Å². The van der Waals surface area contributed by atoms with E-state index in [1.54, 1.807) is 31.1 Å². The maximum Gasteiger partial charge on any atom is 0.254 e. The number of benzene rings is 1. The number of nitrogens with zero attached hydrogens (tertiary/aromatic N) is 4. The van der Waals surface area contributed by atoms with Crippen LogP contribution in [0.1, 0.15) is 66.6 Å². The summed E-state index contributed by atoms with van der Waals surface area (Å²) < 4.78 is 15.5. The number of hydrogen-bond donors (Lipinski definition) is 0. The summed E-state index contributed by atoms with van der Waals surface area (Å²) in [6.45, 7) is 9.17. The highest BCUT2D eigenvalue weighted by atomic mass is 19.1. The van der Waals surface area contributed by atoms with Gasteiger partial charge in [-0.2, -0.15) is 5.10 Å². The molecule has 5 nitrogen and oxygen atoms in total. The molecule has 0 spiro atoms. The highest BCUT2D eigenvalue weighted by Gasteiger charge is 2.30. The number of amides is 1. The topological polar surface area (TPSA) is 50.5 Å². The van der Waals surface area contributed by atoms with Gasteiger partial charge in [0.15, 0.2) is 0 Å². The Morgan fingerprint density at radius 2 is 2.06 bits per heavy atom. The molecule has 1 aliphatic heterocycles. The Morgan fingerprint density at radius 3 is 2.75 bits per heavy atom. The van der Waals surface area contributed by atoms with Crippen molar-refractivity contribution in [2.75, 3.05) is 13.7 Å². The third kappa shape index (κ3) is 4.31. The van der Waals surface area contributed by atoms with Crippen LogP contribution in [0.2, 0.25) is 0 Å². The molecule has 32 heavy (non-hydrogen) atoms. The van der Waals surface area contributed by atoms with Gasteiger partial charge in [-0.1, -0.05) is 44.6 Å². The second-order valence-electron chi connectivity index (χ2n) is 9.33. The summed E-state index contributed by atoms with van der Waals surface area (Å²) in [5, 5.41) is 4.57. The molecule has 2 heterocycles. The Hall–Kier alpha value is -3.02. The SMILES string of the molecule is C=C(/C(=N\C(=C/C)CF)c1ccc2c(c1)C(=O)N(C)C2)c1cnn(CC2(C)CCCC2)c1. The van der Waals surface area contributed by atoms with E-state index >= 15 is 0 Å². The first kappa shape index (κ1) is 22.2. The largest absolute Gasteiger partial charge is 0.337 e. The predicted octanol–water partition coefficient (Wildman–Crippen LogP) is 5.42. The van der Waals surface area contributed by atoms with Crippen LogP contribution in [0.5, 0.6) is 0 Å². The van der Waals surface area contributed by atoms with Crippen LogP contribution < -0.4 is 0 Å². The fraction of sp³-hybridized carbons (Fsp3) is 0.423. The molecule has 0 atom stereocenters. The van der Waals surface area contributed by atoms with Gasteiger partial charge >= 0.3 is 0 Å². The van der Waals surface area contributed by atoms with Crippen LogP contribution in [0.25, 0.3) is 5.57 Å². The summed E-state index contributed by atoms with van der Waals surface area (Å²) >= 11 is 0. The van der Waals surface area contributed by atoms with Crippen molar-refractivity contribution in [1.29, 1.82) is 0 Å². The lowest BCUT2D eigenvalue weighted by atomic mass is 9.89. The highest BCUT2D eigenvalue weighted by Crippen LogP contribution is 2.39. The molecular formula is C26H31FN4O. The lowest BCUT2D eigenvalue weighted by molar-refractivity contribution is 0.0816. The number of aromatic nitrogens is 2. The minimum atomic E-state index is -0.669. The summed E-state index contributed by atoms with van der Waals surface area (Å²) in [5.41, 5.74) is 5.09. The molecule has 2 aromatic rings. The van der Waals surface area contributed by atoms with E-state index in [2.05, 4.69) is 23.6 Å². The molecule has 1 aromatic heterocycles. The van der Waals surface area contributed by atoms with E-state index in [4.69, 9.17) is 0 Å². The van der Waals surface area contributed by atoms with Gasteiger partial charge in [0, 0.05) is 48.6 Å². The van der Waals surface area contributed by atoms with Crippen molar-refractivity contribution in [3.05, 3.63) is 71.2 Å². The number of rotatable bonds is 7. The minimum Gasteiger partial charge on any atom is -0.337 e. The first-order chi connectivity index (χ1) is 15.3. The van der Waals surface area contributed by atoms with Crippen molar-refractivity contribution in [3.8, 4) is 0 Å². The summed E-state index contributed by atoms with van der Waals surface area (Å²) in [4.78, 5) is 18.8. The first-order valence-electron chi connectivity index (χ1n) is 11.2. The third-order valence-corrected chi connectivity index (χ3v) is 6.72. The van der Waals surface area contributed by atoms with Crippen molar-refractivity contribution < 1.29 is 9.18 Å². The van der Waals surface area contributed by atoms with Gasteiger partial charge in [-0.25, -0.2) is 9.38 Å². The molecule has 1 fully saturated rings. The van der Waals surface area contributed by atoms with Gasteiger partial charge in [-0.15, -0.1) is 0 Å². The maximum atomic E-state index is 13.5. The Labute approximate surface area is 189 Å². The van der Waals surface area contributed by atoms with E-state index in [-0.39, 0.29) is 11.3 Å². The molecule has 168 valence electrons. The molecule has 1 aromatic carbocycles. The summed E-state index contributed by atoms with van der Waals surface area (Å²) in [6.07, 6.45) is 10.4. The number of alkyl halides is 1. The molecule has 0 saturated heterocycles. The normalized spacial score (nSPS) is 18.4. The number of allylic oxidation sites excluding steroid dienone is 3. The fourth-order valence-electron chi connectivity index (χ4n) is 4.74. The van der Waals surface area contributed by atoms with Crippen molar-refractivity contribution >= 4 is 17.2 Å². The number of carbonyl (C=O) groups is 1. The molecule has 4 rings (SSSR count). The maximum absolute atomic E-state index is 13.5. The van der Waals surface area contributed by atoms with E-state index in [1.165, 1.54) is 25.7 Å². The summed E-state index contributed by atoms with van der Waals surface area (Å²) in [5.74, 6) is -0.0128. The second-order valence-corrected chi connectivity index (χ2v) is 9.33. The van der Waals surface area contributed by atoms with Crippen LogP contribution in [0.3, 0.4) is 0 Å². The molecule has 0 radical (unpaired) electrons. The van der Waals surface area contributed by atoms with E-state index in [0.29, 0.717) is 29.1 Å². The lowest BCUT2D eigenvalue weighted by Gasteiger charge is -2.23. The number of hydrogen-bond acceptors (Lipinski definition) is 3. The van der Waals surface area contributed by atoms with Gasteiger partial charge in [0.1, 0.15) is 6.67 Å². The zero-order valence-corrected chi connectivity index (χ0v) is 19.2. The molecular weight excluding hydrogens is 403 g/mol. The zero-order valence-electron chi connectivity index (χ0n) is 19.2. The molecule has 0 bridgehead atoms. The first-order valence-corrected chi connectivity index (χ1v) is 11.2. The third-order valence-electron chi connectivity index (χ3n) is 6.72. The van der Waals surface area contributed by atoms with E-state index in [1.807, 2.05) is 29.1 Å². The van der Waals surface area contributed by atoms with Gasteiger partial charge in [-0.3, -0.25) is 9.48 Å². The molecule has 1 amide bonds. The smallest absolute Gasteiger partial charge is 0.254 e. The van der Waals surface area contributed by atoms with Crippen LogP contribution in [0, 0.1) is 5.41 Å². The standard InChI is InChI=1S/C26H31FN4O/c1-5-22(13-27)29-24(19-8-9-20-15-30(4)25(32)23(20)12-19)18(2)21-14-28-31(16-21)17-26(3)10-6-7-11-26/h5,8-9,12,14,16H,2,6-7,10-11,13,15,17H2,1,3-4H3/b22-5-,29-24+. The fourth-order valence-corrected chi connectivity index (χ4v) is 4.74. The van der Waals surface area contributed by atoms with Crippen molar-refractivity contribution in [2.24, 2.45) is 10.4 Å². The number of carbonyl (C=O) groups excluding carboxylic acids is 1. The van der Waals surface area contributed by atoms with Crippen molar-refractivity contribution in [3.63, 3.8) is 0 Å². The van der Waals surface area contributed by atoms with Crippen LogP contribution in [0.4, 0.5) is 4.39 Å². The second kappa shape index (κ2) is 8.85. The summed E-state index contributed by atoms with van der Waals surface area (Å²) in [7, 11) is 1.79. The van der Waals surface area contributed by atoms with Gasteiger partial charge < -0.3 is 4.90 Å². The Kier molecular flexibility index (Phi) is 6.13. The average molecular weight is 435 g/mol. The van der Waals surface area contributed by atoms with Gasteiger partial charge in [0.05, 0.1) is 17.6 Å². The van der Waals surface area contributed by atoms with E-state index in [0.717, 1.165) is 23.2 Å². The molecule has 1 aliphatic carbocycles. The van der Waals surface area contributed by atoms with E-state index < -0.39 is 6.67 Å². The van der Waals surface area contributed by atoms with Crippen LogP contribution in [0.15, 0.2) is 53.9 Å². The van der Waals surface area contributed by atoms with Crippen LogP contribution >= 0.6 is 0 Å². The Morgan fingerprint density at radius 1 is 1.31 bits per heavy atom. The number of halogens is 1. The van der Waals surface area contributed by atoms with Crippen molar-refractivity contribution in [2.45, 2.75) is 52.6 Å². The molecule has 6 heteroatoms. The van der Waals surface area contributed by atoms with Crippen LogP contribution in [-0.2, 0) is 13.1 Å². The molecule has 2 aliphatic rings. The molecule has 1 saturated carbocycles. The monoisotopic (exact) mass is 434 g/mol.